The fraction of sp³-hybridized carbons (Fsp3) is 0.778. The van der Waals surface area contributed by atoms with Gasteiger partial charge in [0.1, 0.15) is 0 Å². The summed E-state index contributed by atoms with van der Waals surface area (Å²) >= 11 is 0. The van der Waals surface area contributed by atoms with Gasteiger partial charge < -0.3 is 5.11 Å². The van der Waals surface area contributed by atoms with Gasteiger partial charge in [0.05, 0.1) is 6.10 Å². The highest BCUT2D eigenvalue weighted by molar-refractivity contribution is 4.78. The Morgan fingerprint density at radius 1 is 1.40 bits per heavy atom. The van der Waals surface area contributed by atoms with Crippen LogP contribution in [0, 0.1) is 11.8 Å². The van der Waals surface area contributed by atoms with Crippen LogP contribution in [0.4, 0.5) is 0 Å². The molecule has 2 unspecified atom stereocenters. The quantitative estimate of drug-likeness (QED) is 0.597. The minimum Gasteiger partial charge on any atom is -0.393 e. The summed E-state index contributed by atoms with van der Waals surface area (Å²) in [4.78, 5) is 0. The van der Waals surface area contributed by atoms with E-state index < -0.39 is 0 Å². The molecule has 0 amide bonds. The molecular formula is C9H18O. The number of aliphatic hydroxyl groups is 1. The van der Waals surface area contributed by atoms with Gasteiger partial charge in [0.25, 0.3) is 0 Å². The van der Waals surface area contributed by atoms with Gasteiger partial charge >= 0.3 is 0 Å². The normalized spacial score (nSPS) is 16.9. The van der Waals surface area contributed by atoms with Crippen LogP contribution in [0.3, 0.4) is 0 Å². The first-order valence-corrected chi connectivity index (χ1v) is 3.88. The third kappa shape index (κ3) is 3.02. The van der Waals surface area contributed by atoms with Gasteiger partial charge in [-0.15, -0.1) is 6.58 Å². The van der Waals surface area contributed by atoms with Crippen molar-refractivity contribution >= 4 is 0 Å². The molecule has 0 aliphatic carbocycles. The van der Waals surface area contributed by atoms with Crippen molar-refractivity contribution in [3.8, 4) is 0 Å². The third-order valence-electron chi connectivity index (χ3n) is 1.91. The van der Waals surface area contributed by atoms with Gasteiger partial charge in [-0.2, -0.15) is 0 Å². The first kappa shape index (κ1) is 9.70. The van der Waals surface area contributed by atoms with E-state index in [1.807, 2.05) is 13.0 Å². The highest BCUT2D eigenvalue weighted by atomic mass is 16.3. The summed E-state index contributed by atoms with van der Waals surface area (Å²) in [5.41, 5.74) is 0. The monoisotopic (exact) mass is 142 g/mol. The largest absolute Gasteiger partial charge is 0.393 e. The van der Waals surface area contributed by atoms with Crippen LogP contribution < -0.4 is 0 Å². The van der Waals surface area contributed by atoms with Crippen LogP contribution >= 0.6 is 0 Å². The molecule has 0 heterocycles. The van der Waals surface area contributed by atoms with Gasteiger partial charge in [0.15, 0.2) is 0 Å². The third-order valence-corrected chi connectivity index (χ3v) is 1.91. The average Bonchev–Trinajstić information content (AvgIpc) is 1.81. The van der Waals surface area contributed by atoms with E-state index in [9.17, 15) is 5.11 Å². The molecule has 0 rings (SSSR count). The standard InChI is InChI=1S/C9H18O/c1-5-6-9(7(2)3)8(4)10/h5,7-10H,1,6H2,2-4H3. The molecule has 0 saturated carbocycles. The van der Waals surface area contributed by atoms with Crippen molar-refractivity contribution in [2.45, 2.75) is 33.3 Å². The van der Waals surface area contributed by atoms with Crippen LogP contribution in [0.15, 0.2) is 12.7 Å². The Bertz CT molecular complexity index is 86.9. The van der Waals surface area contributed by atoms with Crippen molar-refractivity contribution in [1.82, 2.24) is 0 Å². The summed E-state index contributed by atoms with van der Waals surface area (Å²) in [6, 6.07) is 0. The Morgan fingerprint density at radius 3 is 2.00 bits per heavy atom. The lowest BCUT2D eigenvalue weighted by molar-refractivity contribution is 0.0994. The van der Waals surface area contributed by atoms with Crippen molar-refractivity contribution in [3.63, 3.8) is 0 Å². The zero-order valence-corrected chi connectivity index (χ0v) is 7.17. The van der Waals surface area contributed by atoms with Gasteiger partial charge in [-0.05, 0) is 25.2 Å². The average molecular weight is 142 g/mol. The molecular weight excluding hydrogens is 124 g/mol. The summed E-state index contributed by atoms with van der Waals surface area (Å²) < 4.78 is 0. The number of aliphatic hydroxyl groups excluding tert-OH is 1. The maximum absolute atomic E-state index is 9.27. The molecule has 1 nitrogen and oxygen atoms in total. The van der Waals surface area contributed by atoms with Crippen molar-refractivity contribution in [2.75, 3.05) is 0 Å². The van der Waals surface area contributed by atoms with Gasteiger partial charge in [0.2, 0.25) is 0 Å². The maximum atomic E-state index is 9.27. The topological polar surface area (TPSA) is 20.2 Å². The Hall–Kier alpha value is -0.300. The van der Waals surface area contributed by atoms with Crippen LogP contribution in [0.2, 0.25) is 0 Å². The molecule has 1 heteroatoms. The van der Waals surface area contributed by atoms with Crippen LogP contribution in [0.25, 0.3) is 0 Å². The number of allylic oxidation sites excluding steroid dienone is 1. The molecule has 10 heavy (non-hydrogen) atoms. The molecule has 2 atom stereocenters. The molecule has 0 aliphatic rings. The van der Waals surface area contributed by atoms with E-state index >= 15 is 0 Å². The molecule has 0 aromatic heterocycles. The summed E-state index contributed by atoms with van der Waals surface area (Å²) in [6.07, 6.45) is 2.57. The molecule has 0 bridgehead atoms. The van der Waals surface area contributed by atoms with E-state index in [1.54, 1.807) is 0 Å². The number of hydrogen-bond donors (Lipinski definition) is 1. The maximum Gasteiger partial charge on any atom is 0.0545 e. The van der Waals surface area contributed by atoms with E-state index in [2.05, 4.69) is 20.4 Å². The lowest BCUT2D eigenvalue weighted by Crippen LogP contribution is -2.21. The summed E-state index contributed by atoms with van der Waals surface area (Å²) in [5.74, 6) is 0.912. The highest BCUT2D eigenvalue weighted by Crippen LogP contribution is 2.19. The summed E-state index contributed by atoms with van der Waals surface area (Å²) in [5, 5.41) is 9.27. The van der Waals surface area contributed by atoms with E-state index in [0.29, 0.717) is 11.8 Å². The molecule has 0 fully saturated rings. The first-order chi connectivity index (χ1) is 4.59. The summed E-state index contributed by atoms with van der Waals surface area (Å²) in [7, 11) is 0. The minimum absolute atomic E-state index is 0.210. The smallest absolute Gasteiger partial charge is 0.0545 e. The predicted octanol–water partition coefficient (Wildman–Crippen LogP) is 2.22. The number of rotatable bonds is 4. The number of hydrogen-bond acceptors (Lipinski definition) is 1. The molecule has 1 N–H and O–H groups in total. The lowest BCUT2D eigenvalue weighted by Gasteiger charge is -2.21. The van der Waals surface area contributed by atoms with Crippen LogP contribution in [-0.4, -0.2) is 11.2 Å². The fourth-order valence-electron chi connectivity index (χ4n) is 1.22. The molecule has 0 aliphatic heterocycles. The van der Waals surface area contributed by atoms with Gasteiger partial charge in [-0.25, -0.2) is 0 Å². The molecule has 0 aromatic rings. The van der Waals surface area contributed by atoms with Gasteiger partial charge in [-0.1, -0.05) is 19.9 Å². The van der Waals surface area contributed by atoms with Crippen molar-refractivity contribution in [3.05, 3.63) is 12.7 Å². The zero-order chi connectivity index (χ0) is 8.15. The SMILES string of the molecule is C=CCC(C(C)C)C(C)O. The Morgan fingerprint density at radius 2 is 1.90 bits per heavy atom. The Labute approximate surface area is 63.8 Å². The van der Waals surface area contributed by atoms with Crippen molar-refractivity contribution in [1.29, 1.82) is 0 Å². The Kier molecular flexibility index (Phi) is 4.37. The molecule has 60 valence electrons. The summed E-state index contributed by atoms with van der Waals surface area (Å²) in [6.45, 7) is 9.75. The van der Waals surface area contributed by atoms with E-state index in [0.717, 1.165) is 6.42 Å². The van der Waals surface area contributed by atoms with Gasteiger partial charge in [-0.3, -0.25) is 0 Å². The second kappa shape index (κ2) is 4.51. The van der Waals surface area contributed by atoms with E-state index in [1.165, 1.54) is 0 Å². The van der Waals surface area contributed by atoms with Crippen molar-refractivity contribution < 1.29 is 5.11 Å². The van der Waals surface area contributed by atoms with Gasteiger partial charge in [0, 0.05) is 0 Å². The molecule has 0 saturated heterocycles. The van der Waals surface area contributed by atoms with E-state index in [-0.39, 0.29) is 6.10 Å². The molecule has 0 spiro atoms. The second-order valence-corrected chi connectivity index (χ2v) is 3.17. The van der Waals surface area contributed by atoms with E-state index in [4.69, 9.17) is 0 Å². The predicted molar refractivity (Wildman–Crippen MR) is 44.8 cm³/mol. The minimum atomic E-state index is -0.210. The molecule has 0 aromatic carbocycles. The van der Waals surface area contributed by atoms with Crippen LogP contribution in [0.1, 0.15) is 27.2 Å². The van der Waals surface area contributed by atoms with Crippen LogP contribution in [-0.2, 0) is 0 Å². The fourth-order valence-corrected chi connectivity index (χ4v) is 1.22. The second-order valence-electron chi connectivity index (χ2n) is 3.17. The zero-order valence-electron chi connectivity index (χ0n) is 7.17. The Balaban J connectivity index is 3.84. The lowest BCUT2D eigenvalue weighted by atomic mass is 9.88. The van der Waals surface area contributed by atoms with Crippen molar-refractivity contribution in [2.24, 2.45) is 11.8 Å². The highest BCUT2D eigenvalue weighted by Gasteiger charge is 2.16. The van der Waals surface area contributed by atoms with Crippen LogP contribution in [0.5, 0.6) is 0 Å². The molecule has 0 radical (unpaired) electrons. The first-order valence-electron chi connectivity index (χ1n) is 3.88.